The third-order valence-corrected chi connectivity index (χ3v) is 4.49. The van der Waals surface area contributed by atoms with Crippen LogP contribution in [0.4, 0.5) is 0 Å². The summed E-state index contributed by atoms with van der Waals surface area (Å²) in [5.41, 5.74) is 0.915. The molecule has 0 radical (unpaired) electrons. The molecule has 0 saturated carbocycles. The molecule has 2 rings (SSSR count). The maximum absolute atomic E-state index is 12.1. The summed E-state index contributed by atoms with van der Waals surface area (Å²) in [6.07, 6.45) is 0. The van der Waals surface area contributed by atoms with Gasteiger partial charge in [-0.2, -0.15) is 5.26 Å². The highest BCUT2D eigenvalue weighted by molar-refractivity contribution is 7.86. The highest BCUT2D eigenvalue weighted by Crippen LogP contribution is 2.19. The van der Waals surface area contributed by atoms with Crippen LogP contribution >= 0.6 is 11.6 Å². The number of halogens is 1. The summed E-state index contributed by atoms with van der Waals surface area (Å²) >= 11 is 5.95. The van der Waals surface area contributed by atoms with Crippen molar-refractivity contribution in [1.29, 1.82) is 5.26 Å². The second kappa shape index (κ2) is 6.47. The van der Waals surface area contributed by atoms with Gasteiger partial charge in [0.25, 0.3) is 0 Å². The topological polar surface area (TPSA) is 57.9 Å². The van der Waals surface area contributed by atoms with E-state index in [0.717, 1.165) is 0 Å². The minimum atomic E-state index is -1.48. The predicted molar refractivity (Wildman–Crippen MR) is 78.2 cm³/mol. The molecule has 100 valence electrons. The van der Waals surface area contributed by atoms with E-state index in [-0.39, 0.29) is 11.5 Å². The van der Waals surface area contributed by atoms with Crippen molar-refractivity contribution in [3.63, 3.8) is 0 Å². The van der Waals surface area contributed by atoms with E-state index >= 15 is 0 Å². The summed E-state index contributed by atoms with van der Waals surface area (Å²) in [7, 11) is -1.48. The summed E-state index contributed by atoms with van der Waals surface area (Å²) in [4.78, 5) is 12.5. The normalized spacial score (nSPS) is 11.6. The lowest BCUT2D eigenvalue weighted by Crippen LogP contribution is -2.11. The Morgan fingerprint density at radius 3 is 2.40 bits per heavy atom. The van der Waals surface area contributed by atoms with Gasteiger partial charge in [0.2, 0.25) is 0 Å². The van der Waals surface area contributed by atoms with Gasteiger partial charge in [-0.15, -0.1) is 0 Å². The van der Waals surface area contributed by atoms with Gasteiger partial charge in [0.05, 0.1) is 38.1 Å². The maximum Gasteiger partial charge on any atom is 0.175 e. The fourth-order valence-corrected chi connectivity index (χ4v) is 3.11. The molecule has 0 N–H and O–H groups in total. The minimum Gasteiger partial charge on any atom is -0.293 e. The average molecular weight is 304 g/mol. The number of hydrogen-bond acceptors (Lipinski definition) is 3. The first-order valence-corrected chi connectivity index (χ1v) is 7.48. The predicted octanol–water partition coefficient (Wildman–Crippen LogP) is 3.20. The molecule has 2 aromatic carbocycles. The molecular weight excluding hydrogens is 294 g/mol. The number of carbonyl (C=O) groups is 1. The van der Waals surface area contributed by atoms with E-state index in [2.05, 4.69) is 0 Å². The molecule has 0 bridgehead atoms. The molecule has 0 aliphatic heterocycles. The number of nitriles is 1. The van der Waals surface area contributed by atoms with Gasteiger partial charge in [0, 0.05) is 5.56 Å². The first-order valence-electron chi connectivity index (χ1n) is 5.78. The molecule has 0 heterocycles. The monoisotopic (exact) mass is 303 g/mol. The fraction of sp³-hybridized carbons (Fsp3) is 0.0667. The third-order valence-electron chi connectivity index (χ3n) is 2.68. The molecule has 0 spiro atoms. The van der Waals surface area contributed by atoms with Crippen LogP contribution in [0.3, 0.4) is 0 Å². The van der Waals surface area contributed by atoms with Crippen LogP contribution in [0.25, 0.3) is 0 Å². The Kier molecular flexibility index (Phi) is 4.67. The van der Waals surface area contributed by atoms with Crippen molar-refractivity contribution in [3.8, 4) is 6.07 Å². The number of Topliss-reactive ketones (excluding diaryl/α,β-unsaturated/α-hetero) is 1. The van der Waals surface area contributed by atoms with E-state index in [4.69, 9.17) is 16.9 Å². The molecular formula is C15H10ClNO2S. The molecule has 0 fully saturated rings. The van der Waals surface area contributed by atoms with Crippen molar-refractivity contribution in [2.45, 2.75) is 4.90 Å². The lowest BCUT2D eigenvalue weighted by Gasteiger charge is -2.04. The Morgan fingerprint density at radius 1 is 1.15 bits per heavy atom. The van der Waals surface area contributed by atoms with Crippen LogP contribution in [0, 0.1) is 11.3 Å². The van der Waals surface area contributed by atoms with Gasteiger partial charge in [0.15, 0.2) is 5.78 Å². The van der Waals surface area contributed by atoms with Crippen LogP contribution in [-0.2, 0) is 10.8 Å². The fourth-order valence-electron chi connectivity index (χ4n) is 1.64. The molecule has 2 aromatic rings. The standard InChI is InChI=1S/C15H10ClNO2S/c16-13-3-1-2-4-15(13)20(19)10-14(18)12-7-5-11(9-17)6-8-12/h1-8H,10H2. The summed E-state index contributed by atoms with van der Waals surface area (Å²) in [5, 5.41) is 9.08. The highest BCUT2D eigenvalue weighted by Gasteiger charge is 2.14. The van der Waals surface area contributed by atoms with Gasteiger partial charge < -0.3 is 0 Å². The second-order valence-electron chi connectivity index (χ2n) is 4.03. The lowest BCUT2D eigenvalue weighted by molar-refractivity contribution is 0.102. The molecule has 5 heteroatoms. The van der Waals surface area contributed by atoms with Crippen molar-refractivity contribution in [3.05, 3.63) is 64.7 Å². The van der Waals surface area contributed by atoms with Gasteiger partial charge in [-0.1, -0.05) is 35.9 Å². The van der Waals surface area contributed by atoms with Crippen LogP contribution in [0.2, 0.25) is 5.02 Å². The first-order chi connectivity index (χ1) is 9.61. The van der Waals surface area contributed by atoms with E-state index in [1.165, 1.54) is 0 Å². The van der Waals surface area contributed by atoms with Gasteiger partial charge in [-0.05, 0) is 24.3 Å². The minimum absolute atomic E-state index is 0.129. The number of hydrogen-bond donors (Lipinski definition) is 0. The van der Waals surface area contributed by atoms with Crippen molar-refractivity contribution in [1.82, 2.24) is 0 Å². The van der Waals surface area contributed by atoms with Crippen LogP contribution in [0.5, 0.6) is 0 Å². The van der Waals surface area contributed by atoms with Crippen molar-refractivity contribution in [2.75, 3.05) is 5.75 Å². The molecule has 1 atom stereocenters. The number of ketones is 1. The molecule has 0 aliphatic carbocycles. The average Bonchev–Trinajstić information content (AvgIpc) is 2.47. The number of carbonyl (C=O) groups excluding carboxylic acids is 1. The van der Waals surface area contributed by atoms with E-state index in [9.17, 15) is 9.00 Å². The van der Waals surface area contributed by atoms with Crippen LogP contribution < -0.4 is 0 Å². The summed E-state index contributed by atoms with van der Waals surface area (Å²) in [5.74, 6) is -0.372. The molecule has 0 amide bonds. The van der Waals surface area contributed by atoms with Crippen molar-refractivity contribution >= 4 is 28.2 Å². The molecule has 0 aromatic heterocycles. The van der Waals surface area contributed by atoms with E-state index < -0.39 is 10.8 Å². The van der Waals surface area contributed by atoms with Crippen LogP contribution in [-0.4, -0.2) is 15.7 Å². The van der Waals surface area contributed by atoms with Gasteiger partial charge in [-0.3, -0.25) is 9.00 Å². The van der Waals surface area contributed by atoms with Gasteiger partial charge >= 0.3 is 0 Å². The van der Waals surface area contributed by atoms with Crippen LogP contribution in [0.1, 0.15) is 15.9 Å². The van der Waals surface area contributed by atoms with E-state index in [0.29, 0.717) is 21.0 Å². The number of nitrogens with zero attached hydrogens (tertiary/aromatic N) is 1. The molecule has 1 unspecified atom stereocenters. The Morgan fingerprint density at radius 2 is 1.80 bits per heavy atom. The zero-order valence-electron chi connectivity index (χ0n) is 10.4. The van der Waals surface area contributed by atoms with Gasteiger partial charge in [-0.25, -0.2) is 0 Å². The van der Waals surface area contributed by atoms with Crippen LogP contribution in [0.15, 0.2) is 53.4 Å². The lowest BCUT2D eigenvalue weighted by atomic mass is 10.1. The molecule has 3 nitrogen and oxygen atoms in total. The Hall–Kier alpha value is -1.96. The molecule has 0 saturated heterocycles. The van der Waals surface area contributed by atoms with E-state index in [1.807, 2.05) is 6.07 Å². The zero-order chi connectivity index (χ0) is 14.5. The Bertz CT molecular complexity index is 705. The Labute approximate surface area is 124 Å². The Balaban J connectivity index is 2.13. The maximum atomic E-state index is 12.1. The molecule has 0 aliphatic rings. The van der Waals surface area contributed by atoms with E-state index in [1.54, 1.807) is 48.5 Å². The number of rotatable bonds is 4. The van der Waals surface area contributed by atoms with Gasteiger partial charge in [0.1, 0.15) is 0 Å². The summed E-state index contributed by atoms with van der Waals surface area (Å²) in [6.45, 7) is 0. The molecule has 20 heavy (non-hydrogen) atoms. The smallest absolute Gasteiger partial charge is 0.175 e. The van der Waals surface area contributed by atoms with Crippen molar-refractivity contribution in [2.24, 2.45) is 0 Å². The van der Waals surface area contributed by atoms with Crippen molar-refractivity contribution < 1.29 is 9.00 Å². The third kappa shape index (κ3) is 3.32. The first kappa shape index (κ1) is 14.4. The quantitative estimate of drug-likeness (QED) is 0.815. The SMILES string of the molecule is N#Cc1ccc(C(=O)CS(=O)c2ccccc2Cl)cc1. The zero-order valence-corrected chi connectivity index (χ0v) is 11.9. The number of benzene rings is 2. The summed E-state index contributed by atoms with van der Waals surface area (Å²) < 4.78 is 12.1. The summed E-state index contributed by atoms with van der Waals surface area (Å²) in [6, 6.07) is 15.0. The second-order valence-corrected chi connectivity index (χ2v) is 5.86. The largest absolute Gasteiger partial charge is 0.293 e. The highest BCUT2D eigenvalue weighted by atomic mass is 35.5.